The fourth-order valence-corrected chi connectivity index (χ4v) is 4.24. The number of thiophene rings is 1. The van der Waals surface area contributed by atoms with Gasteiger partial charge in [0, 0.05) is 42.1 Å². The van der Waals surface area contributed by atoms with Gasteiger partial charge < -0.3 is 14.6 Å². The number of piperidine rings is 1. The van der Waals surface area contributed by atoms with Gasteiger partial charge in [0.05, 0.1) is 12.2 Å². The second-order valence-corrected chi connectivity index (χ2v) is 7.63. The maximum Gasteiger partial charge on any atom is 0.490 e. The molecule has 2 fully saturated rings. The molecular formula is C17H24F3NO4S. The minimum Gasteiger partial charge on any atom is -0.475 e. The number of alkyl halides is 3. The van der Waals surface area contributed by atoms with Gasteiger partial charge in [0.2, 0.25) is 0 Å². The Kier molecular flexibility index (Phi) is 7.45. The predicted octanol–water partition coefficient (Wildman–Crippen LogP) is 3.46. The molecule has 0 aliphatic carbocycles. The monoisotopic (exact) mass is 395 g/mol. The lowest BCUT2D eigenvalue weighted by Crippen LogP contribution is -2.52. The largest absolute Gasteiger partial charge is 0.490 e. The van der Waals surface area contributed by atoms with Crippen molar-refractivity contribution in [2.24, 2.45) is 0 Å². The van der Waals surface area contributed by atoms with E-state index in [0.29, 0.717) is 12.1 Å². The number of hydrogen-bond donors (Lipinski definition) is 1. The van der Waals surface area contributed by atoms with Gasteiger partial charge in [-0.1, -0.05) is 0 Å². The molecule has 26 heavy (non-hydrogen) atoms. The van der Waals surface area contributed by atoms with Crippen LogP contribution in [-0.4, -0.2) is 60.2 Å². The van der Waals surface area contributed by atoms with Gasteiger partial charge in [-0.05, 0) is 38.8 Å². The molecule has 0 radical (unpaired) electrons. The number of rotatable bonds is 4. The van der Waals surface area contributed by atoms with Crippen molar-refractivity contribution in [3.05, 3.63) is 21.9 Å². The summed E-state index contributed by atoms with van der Waals surface area (Å²) in [4.78, 5) is 14.4. The Balaban J connectivity index is 0.000000298. The number of aliphatic carboxylic acids is 1. The molecule has 2 saturated heterocycles. The van der Waals surface area contributed by atoms with Crippen LogP contribution in [-0.2, 0) is 20.8 Å². The third-order valence-electron chi connectivity index (χ3n) is 4.42. The molecule has 1 aromatic heterocycles. The average Bonchev–Trinajstić information content (AvgIpc) is 3.19. The summed E-state index contributed by atoms with van der Waals surface area (Å²) in [5, 5.41) is 7.12. The Morgan fingerprint density at radius 2 is 2.12 bits per heavy atom. The Bertz CT molecular complexity index is 593. The molecule has 1 N–H and O–H groups in total. The minimum absolute atomic E-state index is 0.287. The van der Waals surface area contributed by atoms with Crippen molar-refractivity contribution < 1.29 is 32.5 Å². The fraction of sp³-hybridized carbons (Fsp3) is 0.706. The van der Waals surface area contributed by atoms with E-state index in [4.69, 9.17) is 19.4 Å². The zero-order valence-electron chi connectivity index (χ0n) is 14.8. The van der Waals surface area contributed by atoms with Crippen LogP contribution >= 0.6 is 11.3 Å². The topological polar surface area (TPSA) is 59.0 Å². The number of carboxylic acids is 1. The Labute approximate surface area is 154 Å². The van der Waals surface area contributed by atoms with Crippen LogP contribution in [0.15, 0.2) is 12.1 Å². The van der Waals surface area contributed by atoms with Crippen molar-refractivity contribution in [3.63, 3.8) is 0 Å². The van der Waals surface area contributed by atoms with Crippen LogP contribution in [0, 0.1) is 6.92 Å². The molecule has 0 amide bonds. The normalized spacial score (nSPS) is 26.1. The first-order valence-electron chi connectivity index (χ1n) is 8.55. The molecule has 0 saturated carbocycles. The lowest BCUT2D eigenvalue weighted by atomic mass is 9.95. The van der Waals surface area contributed by atoms with Gasteiger partial charge in [0.25, 0.3) is 0 Å². The molecule has 148 valence electrons. The van der Waals surface area contributed by atoms with Crippen LogP contribution in [0.2, 0.25) is 0 Å². The van der Waals surface area contributed by atoms with E-state index in [9.17, 15) is 13.2 Å². The highest BCUT2D eigenvalue weighted by Gasteiger charge is 2.42. The molecule has 2 aliphatic heterocycles. The van der Waals surface area contributed by atoms with E-state index in [-0.39, 0.29) is 6.10 Å². The number of hydrogen-bond acceptors (Lipinski definition) is 5. The first-order valence-corrected chi connectivity index (χ1v) is 9.36. The summed E-state index contributed by atoms with van der Waals surface area (Å²) >= 11 is 1.91. The highest BCUT2D eigenvalue weighted by molar-refractivity contribution is 7.11. The van der Waals surface area contributed by atoms with E-state index in [0.717, 1.165) is 39.1 Å². The van der Waals surface area contributed by atoms with E-state index in [1.807, 2.05) is 11.3 Å². The first kappa shape index (κ1) is 21.1. The number of carboxylic acid groups (broad SMARTS) is 1. The number of carbonyl (C=O) groups is 1. The highest BCUT2D eigenvalue weighted by atomic mass is 32.1. The molecule has 0 spiro atoms. The van der Waals surface area contributed by atoms with Crippen molar-refractivity contribution in [3.8, 4) is 0 Å². The van der Waals surface area contributed by atoms with Gasteiger partial charge in [0.1, 0.15) is 0 Å². The summed E-state index contributed by atoms with van der Waals surface area (Å²) in [6, 6.07) is 5.03. The number of aryl methyl sites for hydroxylation is 1. The molecule has 9 heteroatoms. The maximum atomic E-state index is 10.6. The Morgan fingerprint density at radius 3 is 2.65 bits per heavy atom. The lowest BCUT2D eigenvalue weighted by molar-refractivity contribution is -0.192. The van der Waals surface area contributed by atoms with Gasteiger partial charge in [-0.3, -0.25) is 4.90 Å². The van der Waals surface area contributed by atoms with Crippen LogP contribution < -0.4 is 0 Å². The molecule has 3 heterocycles. The third kappa shape index (κ3) is 5.67. The smallest absolute Gasteiger partial charge is 0.475 e. The maximum absolute atomic E-state index is 10.6. The number of ether oxygens (including phenoxy) is 2. The lowest BCUT2D eigenvalue weighted by Gasteiger charge is -2.40. The molecule has 0 bridgehead atoms. The van der Waals surface area contributed by atoms with Crippen LogP contribution in [0.5, 0.6) is 0 Å². The molecule has 0 unspecified atom stereocenters. The van der Waals surface area contributed by atoms with Crippen LogP contribution in [0.3, 0.4) is 0 Å². The molecule has 0 aromatic carbocycles. The van der Waals surface area contributed by atoms with Gasteiger partial charge in [0.15, 0.2) is 0 Å². The van der Waals surface area contributed by atoms with Crippen molar-refractivity contribution in [1.82, 2.24) is 4.90 Å². The number of halogens is 3. The summed E-state index contributed by atoms with van der Waals surface area (Å²) in [6.45, 7) is 8.13. The van der Waals surface area contributed by atoms with E-state index >= 15 is 0 Å². The number of fused-ring (bicyclic) bond motifs is 1. The van der Waals surface area contributed by atoms with E-state index in [1.165, 1.54) is 9.75 Å². The molecule has 3 rings (SSSR count). The molecular weight excluding hydrogens is 371 g/mol. The first-order chi connectivity index (χ1) is 12.2. The van der Waals surface area contributed by atoms with Crippen molar-refractivity contribution in [2.75, 3.05) is 19.8 Å². The van der Waals surface area contributed by atoms with Crippen molar-refractivity contribution >= 4 is 17.3 Å². The number of nitrogens with zero attached hydrogens (tertiary/aromatic N) is 1. The van der Waals surface area contributed by atoms with Crippen molar-refractivity contribution in [2.45, 2.75) is 57.7 Å². The summed E-state index contributed by atoms with van der Waals surface area (Å²) in [6.07, 6.45) is -2.24. The summed E-state index contributed by atoms with van der Waals surface area (Å²) in [7, 11) is 0. The second kappa shape index (κ2) is 9.16. The minimum atomic E-state index is -5.08. The SMILES string of the molecule is CCO[C@@H]1CCN(Cc2ccc(C)s2)[C@H]2CCO[C@H]12.O=C(O)C(F)(F)F. The summed E-state index contributed by atoms with van der Waals surface area (Å²) in [5.74, 6) is -2.76. The molecule has 1 aromatic rings. The van der Waals surface area contributed by atoms with E-state index < -0.39 is 12.1 Å². The van der Waals surface area contributed by atoms with Crippen LogP contribution in [0.1, 0.15) is 29.5 Å². The predicted molar refractivity (Wildman–Crippen MR) is 91.3 cm³/mol. The highest BCUT2D eigenvalue weighted by Crippen LogP contribution is 2.32. The summed E-state index contributed by atoms with van der Waals surface area (Å²) < 4.78 is 43.5. The van der Waals surface area contributed by atoms with Crippen LogP contribution in [0.4, 0.5) is 13.2 Å². The Hall–Kier alpha value is -1.16. The quantitative estimate of drug-likeness (QED) is 0.846. The van der Waals surface area contributed by atoms with Gasteiger partial charge in [-0.15, -0.1) is 11.3 Å². The van der Waals surface area contributed by atoms with Gasteiger partial charge in [-0.25, -0.2) is 4.79 Å². The third-order valence-corrected chi connectivity index (χ3v) is 5.40. The van der Waals surface area contributed by atoms with E-state index in [2.05, 4.69) is 30.9 Å². The molecule has 3 atom stereocenters. The molecule has 5 nitrogen and oxygen atoms in total. The fourth-order valence-electron chi connectivity index (χ4n) is 3.33. The van der Waals surface area contributed by atoms with Gasteiger partial charge >= 0.3 is 12.1 Å². The number of likely N-dealkylation sites (tertiary alicyclic amines) is 1. The summed E-state index contributed by atoms with van der Waals surface area (Å²) in [5.41, 5.74) is 0. The second-order valence-electron chi connectivity index (χ2n) is 6.26. The standard InChI is InChI=1S/C15H23NO2S.C2HF3O2/c1-3-17-14-6-8-16(13-7-9-18-15(13)14)10-12-5-4-11(2)19-12;3-2(4,5)1(6)7/h4-5,13-15H,3,6-10H2,1-2H3;(H,6,7)/t13-,14+,15-;/m0./s1. The van der Waals surface area contributed by atoms with Crippen molar-refractivity contribution in [1.29, 1.82) is 0 Å². The average molecular weight is 395 g/mol. The van der Waals surface area contributed by atoms with Crippen LogP contribution in [0.25, 0.3) is 0 Å². The molecule has 2 aliphatic rings. The van der Waals surface area contributed by atoms with E-state index in [1.54, 1.807) is 0 Å². The Morgan fingerprint density at radius 1 is 1.42 bits per heavy atom. The van der Waals surface area contributed by atoms with Gasteiger partial charge in [-0.2, -0.15) is 13.2 Å². The zero-order valence-corrected chi connectivity index (χ0v) is 15.6. The zero-order chi connectivity index (χ0) is 19.3.